The summed E-state index contributed by atoms with van der Waals surface area (Å²) < 4.78 is 26.8. The molecule has 3 aromatic carbocycles. The van der Waals surface area contributed by atoms with Gasteiger partial charge in [-0.25, -0.2) is 8.60 Å². The van der Waals surface area contributed by atoms with Gasteiger partial charge in [-0.15, -0.1) is 0 Å². The minimum atomic E-state index is -1.59. The van der Waals surface area contributed by atoms with Crippen LogP contribution in [0.5, 0.6) is 0 Å². The topological polar surface area (TPSA) is 57.7 Å². The lowest BCUT2D eigenvalue weighted by Crippen LogP contribution is -2.32. The van der Waals surface area contributed by atoms with E-state index in [-0.39, 0.29) is 24.2 Å². The molecule has 2 amide bonds. The maximum atomic E-state index is 13.6. The van der Waals surface area contributed by atoms with Crippen LogP contribution in [0.25, 0.3) is 0 Å². The Morgan fingerprint density at radius 2 is 1.66 bits per heavy atom. The van der Waals surface area contributed by atoms with E-state index in [1.54, 1.807) is 59.5 Å². The van der Waals surface area contributed by atoms with Gasteiger partial charge < -0.3 is 9.80 Å². The van der Waals surface area contributed by atoms with Crippen LogP contribution >= 0.6 is 0 Å². The molecule has 32 heavy (non-hydrogen) atoms. The number of benzene rings is 3. The fraction of sp³-hybridized carbons (Fsp3) is 0.200. The number of hydrogen-bond donors (Lipinski definition) is 0. The van der Waals surface area contributed by atoms with Crippen molar-refractivity contribution >= 4 is 28.3 Å². The summed E-state index contributed by atoms with van der Waals surface area (Å²) in [5.74, 6) is -0.834. The summed E-state index contributed by atoms with van der Waals surface area (Å²) in [7, 11) is -1.59. The zero-order chi connectivity index (χ0) is 22.8. The monoisotopic (exact) mass is 450 g/mol. The summed E-state index contributed by atoms with van der Waals surface area (Å²) >= 11 is 0. The van der Waals surface area contributed by atoms with Crippen molar-refractivity contribution in [1.29, 1.82) is 0 Å². The zero-order valence-corrected chi connectivity index (χ0v) is 18.7. The molecular formula is C25H23FN2O3S. The minimum Gasteiger partial charge on any atom is -0.339 e. The van der Waals surface area contributed by atoms with Gasteiger partial charge >= 0.3 is 0 Å². The third-order valence-corrected chi connectivity index (χ3v) is 7.06. The van der Waals surface area contributed by atoms with Gasteiger partial charge in [-0.05, 0) is 61.9 Å². The van der Waals surface area contributed by atoms with E-state index in [2.05, 4.69) is 0 Å². The van der Waals surface area contributed by atoms with Crippen molar-refractivity contribution in [3.63, 3.8) is 0 Å². The van der Waals surface area contributed by atoms with E-state index in [9.17, 15) is 18.2 Å². The largest absolute Gasteiger partial charge is 0.339 e. The van der Waals surface area contributed by atoms with Crippen LogP contribution in [0.4, 0.5) is 10.1 Å². The predicted octanol–water partition coefficient (Wildman–Crippen LogP) is 4.63. The molecule has 164 valence electrons. The number of carbonyl (C=O) groups is 2. The number of carbonyl (C=O) groups excluding carboxylic acids is 2. The van der Waals surface area contributed by atoms with Gasteiger partial charge in [0.1, 0.15) is 5.82 Å². The first-order valence-electron chi connectivity index (χ1n) is 10.4. The highest BCUT2D eigenvalue weighted by Gasteiger charge is 2.31. The predicted molar refractivity (Wildman–Crippen MR) is 122 cm³/mol. The van der Waals surface area contributed by atoms with Crippen molar-refractivity contribution in [3.05, 3.63) is 89.2 Å². The van der Waals surface area contributed by atoms with Crippen LogP contribution in [-0.4, -0.2) is 34.0 Å². The molecule has 1 atom stereocenters. The maximum absolute atomic E-state index is 13.6. The lowest BCUT2D eigenvalue weighted by molar-refractivity contribution is 0.0772. The number of nitrogens with zero attached hydrogens (tertiary/aromatic N) is 2. The summed E-state index contributed by atoms with van der Waals surface area (Å²) in [6.45, 7) is 5.08. The molecule has 0 N–H and O–H groups in total. The van der Waals surface area contributed by atoms with Crippen molar-refractivity contribution in [3.8, 4) is 0 Å². The molecule has 1 aliphatic rings. The zero-order valence-electron chi connectivity index (χ0n) is 17.9. The highest BCUT2D eigenvalue weighted by molar-refractivity contribution is 7.85. The van der Waals surface area contributed by atoms with Crippen molar-refractivity contribution in [2.75, 3.05) is 18.0 Å². The average Bonchev–Trinajstić information content (AvgIpc) is 2.90. The molecule has 0 fully saturated rings. The van der Waals surface area contributed by atoms with E-state index < -0.39 is 10.8 Å². The summed E-state index contributed by atoms with van der Waals surface area (Å²) in [6, 6.07) is 17.7. The molecule has 1 heterocycles. The number of fused-ring (bicyclic) bond motifs is 2. The molecule has 5 nitrogen and oxygen atoms in total. The van der Waals surface area contributed by atoms with E-state index in [0.29, 0.717) is 39.7 Å². The van der Waals surface area contributed by atoms with Gasteiger partial charge in [0.05, 0.1) is 38.4 Å². The molecule has 1 aliphatic heterocycles. The Morgan fingerprint density at radius 3 is 2.34 bits per heavy atom. The van der Waals surface area contributed by atoms with Crippen molar-refractivity contribution < 1.29 is 18.2 Å². The number of halogens is 1. The molecule has 0 bridgehead atoms. The normalized spacial score (nSPS) is 15.0. The SMILES string of the molecule is CCN(CC)C(=O)c1ccc2c(c1)N(Cc1ccc(F)cc1)C(=O)c1ccccc1S2=O. The smallest absolute Gasteiger partial charge is 0.259 e. The standard InChI is InChI=1S/C25H23FN2O3S/c1-3-27(4-2)24(29)18-11-14-23-21(15-18)28(16-17-9-12-19(26)13-10-17)25(30)20-7-5-6-8-22(20)32(23)31/h5-15H,3-4,16H2,1-2H3. The number of amides is 2. The van der Waals surface area contributed by atoms with E-state index in [1.807, 2.05) is 13.8 Å². The van der Waals surface area contributed by atoms with Crippen LogP contribution in [0.15, 0.2) is 76.5 Å². The fourth-order valence-electron chi connectivity index (χ4n) is 3.82. The fourth-order valence-corrected chi connectivity index (χ4v) is 5.16. The second-order valence-electron chi connectivity index (χ2n) is 7.44. The maximum Gasteiger partial charge on any atom is 0.259 e. The third kappa shape index (κ3) is 3.96. The van der Waals surface area contributed by atoms with Crippen LogP contribution in [0.1, 0.15) is 40.1 Å². The lowest BCUT2D eigenvalue weighted by Gasteiger charge is -2.25. The van der Waals surface area contributed by atoms with Gasteiger partial charge in [-0.3, -0.25) is 9.59 Å². The van der Waals surface area contributed by atoms with Crippen molar-refractivity contribution in [2.45, 2.75) is 30.2 Å². The van der Waals surface area contributed by atoms with Crippen molar-refractivity contribution in [1.82, 2.24) is 4.90 Å². The Bertz CT molecular complexity index is 1210. The summed E-state index contributed by atoms with van der Waals surface area (Å²) in [5, 5.41) is 0. The van der Waals surface area contributed by atoms with Crippen LogP contribution in [0.2, 0.25) is 0 Å². The molecule has 0 saturated heterocycles. The van der Waals surface area contributed by atoms with Crippen LogP contribution < -0.4 is 4.90 Å². The third-order valence-electron chi connectivity index (χ3n) is 5.56. The molecule has 0 radical (unpaired) electrons. The molecule has 0 aliphatic carbocycles. The number of rotatable bonds is 5. The molecule has 7 heteroatoms. The first-order valence-corrected chi connectivity index (χ1v) is 11.6. The molecule has 0 saturated carbocycles. The summed E-state index contributed by atoms with van der Waals surface area (Å²) in [6.07, 6.45) is 0. The molecular weight excluding hydrogens is 427 g/mol. The Labute approximate surface area is 188 Å². The van der Waals surface area contributed by atoms with Gasteiger partial charge in [-0.2, -0.15) is 0 Å². The molecule has 3 aromatic rings. The van der Waals surface area contributed by atoms with E-state index in [4.69, 9.17) is 0 Å². The first-order chi connectivity index (χ1) is 15.4. The van der Waals surface area contributed by atoms with E-state index in [1.165, 1.54) is 17.0 Å². The van der Waals surface area contributed by atoms with Gasteiger partial charge in [-0.1, -0.05) is 24.3 Å². The Balaban J connectivity index is 1.87. The second kappa shape index (κ2) is 9.04. The number of anilines is 1. The molecule has 4 rings (SSSR count). The van der Waals surface area contributed by atoms with Gasteiger partial charge in [0, 0.05) is 18.7 Å². The number of hydrogen-bond acceptors (Lipinski definition) is 3. The summed E-state index contributed by atoms with van der Waals surface area (Å²) in [5.41, 5.74) is 1.91. The van der Waals surface area contributed by atoms with Crippen LogP contribution in [0.3, 0.4) is 0 Å². The van der Waals surface area contributed by atoms with E-state index >= 15 is 0 Å². The van der Waals surface area contributed by atoms with Crippen LogP contribution in [-0.2, 0) is 17.3 Å². The quantitative estimate of drug-likeness (QED) is 0.569. The molecule has 0 spiro atoms. The molecule has 0 aromatic heterocycles. The van der Waals surface area contributed by atoms with Crippen molar-refractivity contribution in [2.24, 2.45) is 0 Å². The lowest BCUT2D eigenvalue weighted by atomic mass is 10.1. The first kappa shape index (κ1) is 21.9. The highest BCUT2D eigenvalue weighted by Crippen LogP contribution is 2.36. The highest BCUT2D eigenvalue weighted by atomic mass is 32.2. The van der Waals surface area contributed by atoms with Gasteiger partial charge in [0.15, 0.2) is 0 Å². The van der Waals surface area contributed by atoms with E-state index in [0.717, 1.165) is 5.56 Å². The molecule has 1 unspecified atom stereocenters. The Morgan fingerprint density at radius 1 is 0.969 bits per heavy atom. The Kier molecular flexibility index (Phi) is 6.19. The Hall–Kier alpha value is -3.32. The minimum absolute atomic E-state index is 0.153. The van der Waals surface area contributed by atoms with Crippen LogP contribution in [0, 0.1) is 5.82 Å². The summed E-state index contributed by atoms with van der Waals surface area (Å²) in [4.78, 5) is 30.6. The van der Waals surface area contributed by atoms with Gasteiger partial charge in [0.25, 0.3) is 11.8 Å². The second-order valence-corrected chi connectivity index (χ2v) is 8.86. The average molecular weight is 451 g/mol. The van der Waals surface area contributed by atoms with Gasteiger partial charge in [0.2, 0.25) is 0 Å².